The molecule has 0 amide bonds. The summed E-state index contributed by atoms with van der Waals surface area (Å²) in [4.78, 5) is -0.478. The first-order chi connectivity index (χ1) is 9.57. The Bertz CT molecular complexity index is 606. The Kier molecular flexibility index (Phi) is 6.30. The average molecular weight is 365 g/mol. The Labute approximate surface area is 130 Å². The van der Waals surface area contributed by atoms with Gasteiger partial charge in [0.1, 0.15) is 11.4 Å². The second-order valence-electron chi connectivity index (χ2n) is 4.10. The van der Waals surface area contributed by atoms with Gasteiger partial charge >= 0.3 is 6.18 Å². The predicted molar refractivity (Wildman–Crippen MR) is 75.1 cm³/mol. The van der Waals surface area contributed by atoms with Gasteiger partial charge in [0.15, 0.2) is 0 Å². The zero-order valence-electron chi connectivity index (χ0n) is 10.9. The number of sulfonamides is 1. The van der Waals surface area contributed by atoms with Gasteiger partial charge in [-0.15, -0.1) is 0 Å². The lowest BCUT2D eigenvalue weighted by molar-refractivity contribution is -0.121. The van der Waals surface area contributed by atoms with Crippen molar-refractivity contribution < 1.29 is 21.6 Å². The molecule has 21 heavy (non-hydrogen) atoms. The number of benzene rings is 1. The molecule has 0 saturated heterocycles. The normalized spacial score (nSPS) is 12.7. The van der Waals surface area contributed by atoms with Crippen molar-refractivity contribution in [1.29, 1.82) is 0 Å². The summed E-state index contributed by atoms with van der Waals surface area (Å²) in [5.74, 6) is 0. The van der Waals surface area contributed by atoms with Crippen LogP contribution < -0.4 is 10.0 Å². The molecule has 0 aliphatic heterocycles. The number of nitrogens with one attached hydrogen (secondary N) is 2. The summed E-state index contributed by atoms with van der Waals surface area (Å²) >= 11 is 11.7. The van der Waals surface area contributed by atoms with Gasteiger partial charge in [0.2, 0.25) is 10.0 Å². The van der Waals surface area contributed by atoms with Gasteiger partial charge in [-0.2, -0.15) is 13.2 Å². The van der Waals surface area contributed by atoms with Crippen molar-refractivity contribution in [2.45, 2.75) is 24.5 Å². The van der Waals surface area contributed by atoms with Crippen LogP contribution in [0.4, 0.5) is 13.2 Å². The molecule has 0 bridgehead atoms. The Hall–Kier alpha value is -0.540. The molecule has 0 radical (unpaired) electrons. The van der Waals surface area contributed by atoms with E-state index in [1.807, 2.05) is 6.92 Å². The van der Waals surface area contributed by atoms with E-state index in [0.29, 0.717) is 12.1 Å². The van der Waals surface area contributed by atoms with E-state index in [1.165, 1.54) is 10.8 Å². The molecule has 1 aromatic rings. The molecule has 1 rings (SSSR count). The van der Waals surface area contributed by atoms with Gasteiger partial charge in [-0.25, -0.2) is 13.1 Å². The fourth-order valence-corrected chi connectivity index (χ4v) is 3.40. The molecular formula is C11H13Cl2F3N2O2S. The summed E-state index contributed by atoms with van der Waals surface area (Å²) in [5, 5.41) is 2.84. The molecule has 0 aliphatic carbocycles. The van der Waals surface area contributed by atoms with Crippen molar-refractivity contribution in [3.05, 3.63) is 27.7 Å². The van der Waals surface area contributed by atoms with Crippen molar-refractivity contribution in [2.24, 2.45) is 0 Å². The van der Waals surface area contributed by atoms with Gasteiger partial charge in [-0.05, 0) is 24.2 Å². The van der Waals surface area contributed by atoms with Crippen LogP contribution in [0.15, 0.2) is 17.0 Å². The summed E-state index contributed by atoms with van der Waals surface area (Å²) in [7, 11) is -4.41. The number of halogens is 5. The summed E-state index contributed by atoms with van der Waals surface area (Å²) in [5.41, 5.74) is 0.387. The van der Waals surface area contributed by atoms with E-state index in [9.17, 15) is 21.6 Å². The quantitative estimate of drug-likeness (QED) is 0.815. The highest BCUT2D eigenvalue weighted by Crippen LogP contribution is 2.29. The van der Waals surface area contributed by atoms with E-state index in [2.05, 4.69) is 5.32 Å². The lowest BCUT2D eigenvalue weighted by atomic mass is 10.2. The van der Waals surface area contributed by atoms with Crippen LogP contribution in [0, 0.1) is 0 Å². The highest BCUT2D eigenvalue weighted by atomic mass is 35.5. The van der Waals surface area contributed by atoms with Crippen molar-refractivity contribution in [3.63, 3.8) is 0 Å². The largest absolute Gasteiger partial charge is 0.402 e. The molecule has 0 unspecified atom stereocenters. The molecular weight excluding hydrogens is 352 g/mol. The standard InChI is InChI=1S/C11H13Cl2F3N2O2S/c1-2-17-5-7-3-8(12)4-9(10(7)13)21(19,20)18-6-11(14,15)16/h3-4,17-18H,2,5-6H2,1H3. The Morgan fingerprint density at radius 2 is 1.86 bits per heavy atom. The SMILES string of the molecule is CCNCc1cc(Cl)cc(S(=O)(=O)NCC(F)(F)F)c1Cl. The second kappa shape index (κ2) is 7.15. The van der Waals surface area contributed by atoms with Crippen molar-refractivity contribution in [1.82, 2.24) is 10.0 Å². The fourth-order valence-electron chi connectivity index (χ4n) is 1.46. The topological polar surface area (TPSA) is 58.2 Å². The van der Waals surface area contributed by atoms with Gasteiger partial charge in [0.05, 0.1) is 5.02 Å². The minimum atomic E-state index is -4.66. The summed E-state index contributed by atoms with van der Waals surface area (Å²) in [6.45, 7) is 1.01. The van der Waals surface area contributed by atoms with Crippen LogP contribution in [0.3, 0.4) is 0 Å². The minimum Gasteiger partial charge on any atom is -0.313 e. The van der Waals surface area contributed by atoms with Crippen LogP contribution in [0.1, 0.15) is 12.5 Å². The fraction of sp³-hybridized carbons (Fsp3) is 0.455. The number of rotatable bonds is 6. The van der Waals surface area contributed by atoms with E-state index in [-0.39, 0.29) is 16.6 Å². The third-order valence-corrected chi connectivity index (χ3v) is 4.60. The molecule has 120 valence electrons. The first-order valence-electron chi connectivity index (χ1n) is 5.82. The number of alkyl halides is 3. The first-order valence-corrected chi connectivity index (χ1v) is 8.06. The average Bonchev–Trinajstić information content (AvgIpc) is 2.36. The molecule has 0 saturated carbocycles. The van der Waals surface area contributed by atoms with Crippen LogP contribution in [0.25, 0.3) is 0 Å². The van der Waals surface area contributed by atoms with Crippen LogP contribution in [0.2, 0.25) is 10.0 Å². The Morgan fingerprint density at radius 1 is 1.24 bits per heavy atom. The lowest BCUT2D eigenvalue weighted by Gasteiger charge is -2.13. The zero-order valence-corrected chi connectivity index (χ0v) is 13.2. The molecule has 10 heteroatoms. The molecule has 0 heterocycles. The molecule has 2 N–H and O–H groups in total. The van der Waals surface area contributed by atoms with Crippen LogP contribution >= 0.6 is 23.2 Å². The van der Waals surface area contributed by atoms with Crippen LogP contribution in [-0.4, -0.2) is 27.7 Å². The van der Waals surface area contributed by atoms with Crippen molar-refractivity contribution in [3.8, 4) is 0 Å². The monoisotopic (exact) mass is 364 g/mol. The lowest BCUT2D eigenvalue weighted by Crippen LogP contribution is -2.34. The molecule has 0 spiro atoms. The van der Waals surface area contributed by atoms with Gasteiger partial charge in [-0.3, -0.25) is 0 Å². The van der Waals surface area contributed by atoms with E-state index >= 15 is 0 Å². The van der Waals surface area contributed by atoms with E-state index in [0.717, 1.165) is 6.07 Å². The summed E-state index contributed by atoms with van der Waals surface area (Å²) in [6, 6.07) is 2.47. The number of hydrogen-bond donors (Lipinski definition) is 2. The highest BCUT2D eigenvalue weighted by Gasteiger charge is 2.31. The minimum absolute atomic E-state index is 0.0692. The highest BCUT2D eigenvalue weighted by molar-refractivity contribution is 7.89. The second-order valence-corrected chi connectivity index (χ2v) is 6.65. The molecule has 0 aliphatic rings. The van der Waals surface area contributed by atoms with Crippen molar-refractivity contribution in [2.75, 3.05) is 13.1 Å². The molecule has 1 aromatic carbocycles. The van der Waals surface area contributed by atoms with E-state index in [4.69, 9.17) is 23.2 Å². The van der Waals surface area contributed by atoms with Crippen LogP contribution in [-0.2, 0) is 16.6 Å². The summed E-state index contributed by atoms with van der Waals surface area (Å²) < 4.78 is 61.7. The van der Waals surface area contributed by atoms with E-state index in [1.54, 1.807) is 0 Å². The van der Waals surface area contributed by atoms with Gasteiger partial charge < -0.3 is 5.32 Å². The first kappa shape index (κ1) is 18.5. The van der Waals surface area contributed by atoms with Crippen LogP contribution in [0.5, 0.6) is 0 Å². The van der Waals surface area contributed by atoms with Gasteiger partial charge in [0, 0.05) is 11.6 Å². The van der Waals surface area contributed by atoms with E-state index < -0.39 is 27.6 Å². The molecule has 0 fully saturated rings. The Balaban J connectivity index is 3.14. The van der Waals surface area contributed by atoms with Crippen molar-refractivity contribution >= 4 is 33.2 Å². The zero-order chi connectivity index (χ0) is 16.3. The maximum atomic E-state index is 12.1. The number of hydrogen-bond acceptors (Lipinski definition) is 3. The smallest absolute Gasteiger partial charge is 0.313 e. The predicted octanol–water partition coefficient (Wildman–Crippen LogP) is 2.94. The van der Waals surface area contributed by atoms with Gasteiger partial charge in [-0.1, -0.05) is 30.1 Å². The maximum absolute atomic E-state index is 12.1. The molecule has 0 atom stereocenters. The summed E-state index contributed by atoms with van der Waals surface area (Å²) in [6.07, 6.45) is -4.66. The Morgan fingerprint density at radius 3 is 2.38 bits per heavy atom. The third-order valence-electron chi connectivity index (χ3n) is 2.40. The maximum Gasteiger partial charge on any atom is 0.402 e. The third kappa shape index (κ3) is 5.63. The molecule has 4 nitrogen and oxygen atoms in total. The van der Waals surface area contributed by atoms with Gasteiger partial charge in [0.25, 0.3) is 0 Å². The molecule has 0 aromatic heterocycles.